The minimum atomic E-state index is 0.0430. The number of aromatic nitrogens is 1. The molecule has 1 amide bonds. The maximum Gasteiger partial charge on any atom is 0.220 e. The highest BCUT2D eigenvalue weighted by molar-refractivity contribution is 5.75. The van der Waals surface area contributed by atoms with E-state index in [1.54, 1.807) is 13.3 Å². The zero-order valence-electron chi connectivity index (χ0n) is 11.2. The first-order valence-corrected chi connectivity index (χ1v) is 6.66. The van der Waals surface area contributed by atoms with E-state index in [9.17, 15) is 4.79 Å². The number of amides is 1. The maximum atomic E-state index is 11.7. The van der Waals surface area contributed by atoms with E-state index in [2.05, 4.69) is 10.3 Å². The second-order valence-corrected chi connectivity index (χ2v) is 4.62. The van der Waals surface area contributed by atoms with Crippen molar-refractivity contribution < 1.29 is 14.3 Å². The Morgan fingerprint density at radius 3 is 3.26 bits per heavy atom. The molecule has 0 aromatic carbocycles. The van der Waals surface area contributed by atoms with Crippen molar-refractivity contribution in [3.8, 4) is 5.88 Å². The summed E-state index contributed by atoms with van der Waals surface area (Å²) in [6, 6.07) is 3.72. The summed E-state index contributed by atoms with van der Waals surface area (Å²) in [5.41, 5.74) is 0.885. The Kier molecular flexibility index (Phi) is 5.15. The van der Waals surface area contributed by atoms with Gasteiger partial charge < -0.3 is 14.8 Å². The number of nitrogens with zero attached hydrogens (tertiary/aromatic N) is 1. The van der Waals surface area contributed by atoms with Gasteiger partial charge in [-0.2, -0.15) is 0 Å². The summed E-state index contributed by atoms with van der Waals surface area (Å²) in [7, 11) is 1.57. The van der Waals surface area contributed by atoms with Gasteiger partial charge in [0.2, 0.25) is 11.8 Å². The highest BCUT2D eigenvalue weighted by Gasteiger charge is 2.16. The number of pyridine rings is 1. The lowest BCUT2D eigenvalue weighted by molar-refractivity contribution is -0.121. The number of hydrogen-bond donors (Lipinski definition) is 1. The standard InChI is InChI=1S/C14H20N2O3/c1-18-14-11(4-2-8-15-14)10-16-13(17)7-6-12-5-3-9-19-12/h2,4,8,12H,3,5-7,9-10H2,1H3,(H,16,17)/t12-/m1/s1. The molecular weight excluding hydrogens is 244 g/mol. The van der Waals surface area contributed by atoms with E-state index in [-0.39, 0.29) is 12.0 Å². The van der Waals surface area contributed by atoms with Crippen LogP contribution >= 0.6 is 0 Å². The van der Waals surface area contributed by atoms with Crippen LogP contribution in [0.1, 0.15) is 31.2 Å². The van der Waals surface area contributed by atoms with Gasteiger partial charge in [-0.25, -0.2) is 4.98 Å². The largest absolute Gasteiger partial charge is 0.481 e. The van der Waals surface area contributed by atoms with Gasteiger partial charge >= 0.3 is 0 Å². The molecule has 2 rings (SSSR count). The number of carbonyl (C=O) groups is 1. The molecule has 19 heavy (non-hydrogen) atoms. The third-order valence-corrected chi connectivity index (χ3v) is 3.24. The van der Waals surface area contributed by atoms with Gasteiger partial charge in [0.1, 0.15) is 0 Å². The lowest BCUT2D eigenvalue weighted by atomic mass is 10.1. The van der Waals surface area contributed by atoms with Crippen LogP contribution in [0.3, 0.4) is 0 Å². The van der Waals surface area contributed by atoms with Crippen molar-refractivity contribution in [1.82, 2.24) is 10.3 Å². The number of rotatable bonds is 6. The first kappa shape index (κ1) is 13.8. The van der Waals surface area contributed by atoms with Crippen molar-refractivity contribution in [2.24, 2.45) is 0 Å². The van der Waals surface area contributed by atoms with Gasteiger partial charge in [0, 0.05) is 31.3 Å². The molecule has 5 nitrogen and oxygen atoms in total. The molecule has 0 bridgehead atoms. The average molecular weight is 264 g/mol. The van der Waals surface area contributed by atoms with Crippen LogP contribution in [0.25, 0.3) is 0 Å². The van der Waals surface area contributed by atoms with Crippen molar-refractivity contribution >= 4 is 5.91 Å². The fraction of sp³-hybridized carbons (Fsp3) is 0.571. The molecule has 1 aromatic rings. The Labute approximate surface area is 113 Å². The van der Waals surface area contributed by atoms with Crippen LogP contribution in [-0.2, 0) is 16.1 Å². The molecular formula is C14H20N2O3. The summed E-state index contributed by atoms with van der Waals surface area (Å²) in [4.78, 5) is 15.8. The first-order valence-electron chi connectivity index (χ1n) is 6.66. The van der Waals surface area contributed by atoms with E-state index in [4.69, 9.17) is 9.47 Å². The van der Waals surface area contributed by atoms with Crippen molar-refractivity contribution in [2.45, 2.75) is 38.3 Å². The third kappa shape index (κ3) is 4.21. The summed E-state index contributed by atoms with van der Waals surface area (Å²) in [6.07, 6.45) is 5.42. The molecule has 5 heteroatoms. The Bertz CT molecular complexity index is 417. The van der Waals surface area contributed by atoms with E-state index in [0.717, 1.165) is 31.4 Å². The van der Waals surface area contributed by atoms with Crippen LogP contribution in [0.2, 0.25) is 0 Å². The van der Waals surface area contributed by atoms with Crippen molar-refractivity contribution in [3.05, 3.63) is 23.9 Å². The third-order valence-electron chi connectivity index (χ3n) is 3.24. The number of hydrogen-bond acceptors (Lipinski definition) is 4. The van der Waals surface area contributed by atoms with Gasteiger partial charge in [0.15, 0.2) is 0 Å². The topological polar surface area (TPSA) is 60.5 Å². The first-order chi connectivity index (χ1) is 9.29. The monoisotopic (exact) mass is 264 g/mol. The Morgan fingerprint density at radius 2 is 2.53 bits per heavy atom. The minimum absolute atomic E-state index is 0.0430. The second kappa shape index (κ2) is 7.09. The second-order valence-electron chi connectivity index (χ2n) is 4.62. The van der Waals surface area contributed by atoms with Crippen molar-refractivity contribution in [1.29, 1.82) is 0 Å². The molecule has 1 aliphatic heterocycles. The van der Waals surface area contributed by atoms with Crippen LogP contribution in [0.4, 0.5) is 0 Å². The molecule has 1 fully saturated rings. The van der Waals surface area contributed by atoms with Crippen LogP contribution in [0.15, 0.2) is 18.3 Å². The molecule has 0 spiro atoms. The van der Waals surface area contributed by atoms with Gasteiger partial charge in [-0.3, -0.25) is 4.79 Å². The molecule has 1 N–H and O–H groups in total. The van der Waals surface area contributed by atoms with Gasteiger partial charge in [-0.05, 0) is 25.3 Å². The quantitative estimate of drug-likeness (QED) is 0.849. The molecule has 0 radical (unpaired) electrons. The van der Waals surface area contributed by atoms with E-state index in [1.165, 1.54) is 0 Å². The number of nitrogens with one attached hydrogen (secondary N) is 1. The molecule has 2 heterocycles. The van der Waals surface area contributed by atoms with Crippen molar-refractivity contribution in [2.75, 3.05) is 13.7 Å². The van der Waals surface area contributed by atoms with Crippen LogP contribution in [0, 0.1) is 0 Å². The Hall–Kier alpha value is -1.62. The Balaban J connectivity index is 1.73. The molecule has 0 saturated carbocycles. The van der Waals surface area contributed by atoms with E-state index in [0.29, 0.717) is 18.8 Å². The summed E-state index contributed by atoms with van der Waals surface area (Å²) in [5, 5.41) is 2.88. The normalized spacial score (nSPS) is 18.3. The smallest absolute Gasteiger partial charge is 0.220 e. The highest BCUT2D eigenvalue weighted by atomic mass is 16.5. The van der Waals surface area contributed by atoms with Gasteiger partial charge in [0.05, 0.1) is 13.2 Å². The van der Waals surface area contributed by atoms with Crippen LogP contribution < -0.4 is 10.1 Å². The van der Waals surface area contributed by atoms with E-state index >= 15 is 0 Å². The fourth-order valence-electron chi connectivity index (χ4n) is 2.19. The van der Waals surface area contributed by atoms with Gasteiger partial charge in [-0.15, -0.1) is 0 Å². The molecule has 0 unspecified atom stereocenters. The number of carbonyl (C=O) groups excluding carboxylic acids is 1. The van der Waals surface area contributed by atoms with E-state index < -0.39 is 0 Å². The van der Waals surface area contributed by atoms with E-state index in [1.807, 2.05) is 12.1 Å². The molecule has 0 aliphatic carbocycles. The predicted octanol–water partition coefficient (Wildman–Crippen LogP) is 1.67. The molecule has 104 valence electrons. The van der Waals surface area contributed by atoms with Gasteiger partial charge in [0.25, 0.3) is 0 Å². The van der Waals surface area contributed by atoms with Crippen LogP contribution in [0.5, 0.6) is 5.88 Å². The molecule has 1 atom stereocenters. The highest BCUT2D eigenvalue weighted by Crippen LogP contribution is 2.17. The summed E-state index contributed by atoms with van der Waals surface area (Å²) in [6.45, 7) is 1.28. The fourth-order valence-corrected chi connectivity index (χ4v) is 2.19. The summed E-state index contributed by atoms with van der Waals surface area (Å²) in [5.74, 6) is 0.600. The molecule has 1 aromatic heterocycles. The summed E-state index contributed by atoms with van der Waals surface area (Å²) < 4.78 is 10.6. The zero-order chi connectivity index (χ0) is 13.5. The molecule has 1 saturated heterocycles. The predicted molar refractivity (Wildman–Crippen MR) is 70.8 cm³/mol. The number of ether oxygens (including phenoxy) is 2. The molecule has 1 aliphatic rings. The average Bonchev–Trinajstić information content (AvgIpc) is 2.96. The lowest BCUT2D eigenvalue weighted by Gasteiger charge is -2.10. The zero-order valence-corrected chi connectivity index (χ0v) is 11.2. The number of methoxy groups -OCH3 is 1. The van der Waals surface area contributed by atoms with Gasteiger partial charge in [-0.1, -0.05) is 6.07 Å². The summed E-state index contributed by atoms with van der Waals surface area (Å²) >= 11 is 0. The van der Waals surface area contributed by atoms with Crippen molar-refractivity contribution in [3.63, 3.8) is 0 Å². The SMILES string of the molecule is COc1ncccc1CNC(=O)CC[C@H]1CCCO1. The minimum Gasteiger partial charge on any atom is -0.481 e. The lowest BCUT2D eigenvalue weighted by Crippen LogP contribution is -2.24. The van der Waals surface area contributed by atoms with Crippen LogP contribution in [-0.4, -0.2) is 30.7 Å². The Morgan fingerprint density at radius 1 is 1.63 bits per heavy atom. The maximum absolute atomic E-state index is 11.7.